The quantitative estimate of drug-likeness (QED) is 0.715. The van der Waals surface area contributed by atoms with Crippen molar-refractivity contribution in [3.05, 3.63) is 57.2 Å². The largest absolute Gasteiger partial charge is 0.378 e. The van der Waals surface area contributed by atoms with E-state index >= 15 is 0 Å². The van der Waals surface area contributed by atoms with Crippen LogP contribution in [0.15, 0.2) is 41.0 Å². The minimum absolute atomic E-state index is 0.0493. The number of pyridine rings is 1. The maximum Gasteiger partial charge on any atom is 0.255 e. The van der Waals surface area contributed by atoms with Crippen molar-refractivity contribution in [3.63, 3.8) is 0 Å². The molecule has 0 spiro atoms. The summed E-state index contributed by atoms with van der Waals surface area (Å²) in [7, 11) is 1.95. The van der Waals surface area contributed by atoms with Gasteiger partial charge in [0.25, 0.3) is 5.91 Å². The molecule has 0 aliphatic carbocycles. The summed E-state index contributed by atoms with van der Waals surface area (Å²) in [5.74, 6) is 0.633. The standard InChI is InChI=1S/C19H21BrClN3O2/c1-23(7-6-14-2-4-16(20)5-3-14)18-17(21)12-15(13-22-18)19(25)24-8-10-26-11-9-24/h2-5,12-13H,6-11H2,1H3. The lowest BCUT2D eigenvalue weighted by molar-refractivity contribution is 0.0302. The fourth-order valence-corrected chi connectivity index (χ4v) is 3.41. The minimum Gasteiger partial charge on any atom is -0.378 e. The Hall–Kier alpha value is -1.63. The molecule has 1 aromatic heterocycles. The third-order valence-corrected chi connectivity index (χ3v) is 5.18. The number of anilines is 1. The molecule has 7 heteroatoms. The number of carbonyl (C=O) groups is 1. The Morgan fingerprint density at radius 1 is 1.31 bits per heavy atom. The number of benzene rings is 1. The molecule has 1 saturated heterocycles. The number of ether oxygens (including phenoxy) is 1. The monoisotopic (exact) mass is 437 g/mol. The Bertz CT molecular complexity index is 764. The normalized spacial score (nSPS) is 14.3. The molecule has 0 bridgehead atoms. The second-order valence-electron chi connectivity index (χ2n) is 6.23. The van der Waals surface area contributed by atoms with Crippen molar-refractivity contribution in [1.29, 1.82) is 0 Å². The maximum atomic E-state index is 12.5. The van der Waals surface area contributed by atoms with E-state index in [2.05, 4.69) is 33.0 Å². The number of hydrogen-bond acceptors (Lipinski definition) is 4. The minimum atomic E-state index is -0.0493. The number of rotatable bonds is 5. The molecule has 1 aromatic carbocycles. The van der Waals surface area contributed by atoms with Crippen LogP contribution in [-0.2, 0) is 11.2 Å². The predicted octanol–water partition coefficient (Wildman–Crippen LogP) is 3.65. The Labute approximate surface area is 167 Å². The van der Waals surface area contributed by atoms with E-state index in [-0.39, 0.29) is 5.91 Å². The molecule has 1 fully saturated rings. The van der Waals surface area contributed by atoms with Gasteiger partial charge in [0.05, 0.1) is 23.8 Å². The number of amides is 1. The van der Waals surface area contributed by atoms with Crippen molar-refractivity contribution in [1.82, 2.24) is 9.88 Å². The first kappa shape index (κ1) is 19.1. The van der Waals surface area contributed by atoms with E-state index < -0.39 is 0 Å². The van der Waals surface area contributed by atoms with Gasteiger partial charge in [0.1, 0.15) is 5.82 Å². The third kappa shape index (κ3) is 4.75. The predicted molar refractivity (Wildman–Crippen MR) is 107 cm³/mol. The topological polar surface area (TPSA) is 45.7 Å². The van der Waals surface area contributed by atoms with Crippen LogP contribution in [0.2, 0.25) is 5.02 Å². The highest BCUT2D eigenvalue weighted by Gasteiger charge is 2.20. The van der Waals surface area contributed by atoms with Crippen LogP contribution in [0.25, 0.3) is 0 Å². The van der Waals surface area contributed by atoms with Gasteiger partial charge in [-0.05, 0) is 30.2 Å². The summed E-state index contributed by atoms with van der Waals surface area (Å²) in [5, 5.41) is 0.488. The van der Waals surface area contributed by atoms with E-state index in [1.165, 1.54) is 5.56 Å². The van der Waals surface area contributed by atoms with E-state index in [0.717, 1.165) is 17.4 Å². The second kappa shape index (κ2) is 8.84. The van der Waals surface area contributed by atoms with Crippen molar-refractivity contribution >= 4 is 39.3 Å². The molecule has 0 atom stereocenters. The van der Waals surface area contributed by atoms with E-state index in [1.54, 1.807) is 17.2 Å². The lowest BCUT2D eigenvalue weighted by Crippen LogP contribution is -2.40. The van der Waals surface area contributed by atoms with Crippen molar-refractivity contribution in [2.75, 3.05) is 44.8 Å². The SMILES string of the molecule is CN(CCc1ccc(Br)cc1)c1ncc(C(=O)N2CCOCC2)cc1Cl. The van der Waals surface area contributed by atoms with Crippen LogP contribution in [0.4, 0.5) is 5.82 Å². The van der Waals surface area contributed by atoms with Crippen molar-refractivity contribution in [2.45, 2.75) is 6.42 Å². The molecular weight excluding hydrogens is 418 g/mol. The molecule has 5 nitrogen and oxygen atoms in total. The van der Waals surface area contributed by atoms with Crippen molar-refractivity contribution < 1.29 is 9.53 Å². The summed E-state index contributed by atoms with van der Waals surface area (Å²) in [6.07, 6.45) is 2.49. The number of morpholine rings is 1. The van der Waals surface area contributed by atoms with Gasteiger partial charge in [0, 0.05) is 37.4 Å². The highest BCUT2D eigenvalue weighted by atomic mass is 79.9. The van der Waals surface area contributed by atoms with Crippen LogP contribution in [0, 0.1) is 0 Å². The van der Waals surface area contributed by atoms with Crippen LogP contribution in [0.3, 0.4) is 0 Å². The van der Waals surface area contributed by atoms with Crippen molar-refractivity contribution in [3.8, 4) is 0 Å². The Kier molecular flexibility index (Phi) is 6.51. The molecule has 26 heavy (non-hydrogen) atoms. The van der Waals surface area contributed by atoms with Gasteiger partial charge in [0.15, 0.2) is 0 Å². The van der Waals surface area contributed by atoms with E-state index in [9.17, 15) is 4.79 Å². The van der Waals surface area contributed by atoms with Crippen LogP contribution in [0.1, 0.15) is 15.9 Å². The number of halogens is 2. The fraction of sp³-hybridized carbons (Fsp3) is 0.368. The molecule has 0 unspecified atom stereocenters. The smallest absolute Gasteiger partial charge is 0.255 e. The van der Waals surface area contributed by atoms with Crippen LogP contribution >= 0.6 is 27.5 Å². The maximum absolute atomic E-state index is 12.5. The van der Waals surface area contributed by atoms with Gasteiger partial charge >= 0.3 is 0 Å². The first-order chi connectivity index (χ1) is 12.5. The van der Waals surface area contributed by atoms with Crippen LogP contribution in [-0.4, -0.2) is 55.7 Å². The first-order valence-corrected chi connectivity index (χ1v) is 9.70. The Morgan fingerprint density at radius 2 is 2.00 bits per heavy atom. The molecule has 1 aliphatic heterocycles. The van der Waals surface area contributed by atoms with Gasteiger partial charge in [-0.1, -0.05) is 39.7 Å². The highest BCUT2D eigenvalue weighted by Crippen LogP contribution is 2.24. The third-order valence-electron chi connectivity index (χ3n) is 4.38. The molecule has 1 aliphatic rings. The summed E-state index contributed by atoms with van der Waals surface area (Å²) < 4.78 is 6.35. The van der Waals surface area contributed by atoms with Gasteiger partial charge in [-0.3, -0.25) is 4.79 Å². The summed E-state index contributed by atoms with van der Waals surface area (Å²) in [4.78, 5) is 20.7. The molecule has 1 amide bonds. The lowest BCUT2D eigenvalue weighted by Gasteiger charge is -2.27. The Morgan fingerprint density at radius 3 is 2.65 bits per heavy atom. The van der Waals surface area contributed by atoms with Gasteiger partial charge in [0.2, 0.25) is 0 Å². The second-order valence-corrected chi connectivity index (χ2v) is 7.55. The van der Waals surface area contributed by atoms with Gasteiger partial charge in [-0.2, -0.15) is 0 Å². The number of aromatic nitrogens is 1. The number of carbonyl (C=O) groups excluding carboxylic acids is 1. The molecule has 2 aromatic rings. The van der Waals surface area contributed by atoms with Gasteiger partial charge in [-0.25, -0.2) is 4.98 Å². The average molecular weight is 439 g/mol. The first-order valence-electron chi connectivity index (χ1n) is 8.53. The summed E-state index contributed by atoms with van der Waals surface area (Å²) in [5.41, 5.74) is 1.76. The van der Waals surface area contributed by atoms with Gasteiger partial charge in [-0.15, -0.1) is 0 Å². The molecule has 2 heterocycles. The molecule has 138 valence electrons. The van der Waals surface area contributed by atoms with E-state index in [0.29, 0.717) is 42.7 Å². The van der Waals surface area contributed by atoms with Crippen molar-refractivity contribution in [2.24, 2.45) is 0 Å². The molecule has 3 rings (SSSR count). The number of nitrogens with zero attached hydrogens (tertiary/aromatic N) is 3. The van der Waals surface area contributed by atoms with E-state index in [4.69, 9.17) is 16.3 Å². The van der Waals surface area contributed by atoms with Crippen LogP contribution < -0.4 is 4.90 Å². The lowest BCUT2D eigenvalue weighted by atomic mass is 10.1. The fourth-order valence-electron chi connectivity index (χ4n) is 2.83. The number of likely N-dealkylation sites (N-methyl/N-ethyl adjacent to an activating group) is 1. The average Bonchev–Trinajstić information content (AvgIpc) is 2.67. The summed E-state index contributed by atoms with van der Waals surface area (Å²) in [6, 6.07) is 9.96. The number of hydrogen-bond donors (Lipinski definition) is 0. The molecule has 0 radical (unpaired) electrons. The zero-order valence-electron chi connectivity index (χ0n) is 14.6. The molecule has 0 N–H and O–H groups in total. The van der Waals surface area contributed by atoms with Gasteiger partial charge < -0.3 is 14.5 Å². The highest BCUT2D eigenvalue weighted by molar-refractivity contribution is 9.10. The summed E-state index contributed by atoms with van der Waals surface area (Å²) >= 11 is 9.85. The Balaban J connectivity index is 1.64. The molecule has 0 saturated carbocycles. The zero-order chi connectivity index (χ0) is 18.5. The molecular formula is C19H21BrClN3O2. The zero-order valence-corrected chi connectivity index (χ0v) is 17.0. The summed E-state index contributed by atoms with van der Waals surface area (Å²) in [6.45, 7) is 3.13. The van der Waals surface area contributed by atoms with Crippen LogP contribution in [0.5, 0.6) is 0 Å². The van der Waals surface area contributed by atoms with E-state index in [1.807, 2.05) is 24.1 Å².